The maximum Gasteiger partial charge on any atom is 0.0946 e. The topological polar surface area (TPSA) is 24.3 Å². The molecule has 21 heavy (non-hydrogen) atoms. The summed E-state index contributed by atoms with van der Waals surface area (Å²) in [5.41, 5.74) is 2.66. The third-order valence-corrected chi connectivity index (χ3v) is 4.32. The summed E-state index contributed by atoms with van der Waals surface area (Å²) in [4.78, 5) is 8.88. The Morgan fingerprint density at radius 2 is 2.05 bits per heavy atom. The molecule has 0 bridgehead atoms. The molecule has 1 aliphatic heterocycles. The fraction of sp³-hybridized carbons (Fsp3) is 0.471. The second-order valence-corrected chi connectivity index (χ2v) is 6.09. The van der Waals surface area contributed by atoms with Crippen LogP contribution in [-0.4, -0.2) is 41.1 Å². The first kappa shape index (κ1) is 14.1. The van der Waals surface area contributed by atoms with E-state index in [2.05, 4.69) is 63.9 Å². The predicted octanol–water partition coefficient (Wildman–Crippen LogP) is 2.61. The van der Waals surface area contributed by atoms with E-state index in [0.29, 0.717) is 6.04 Å². The van der Waals surface area contributed by atoms with E-state index in [9.17, 15) is 0 Å². The van der Waals surface area contributed by atoms with E-state index in [4.69, 9.17) is 0 Å². The molecule has 2 aromatic rings. The van der Waals surface area contributed by atoms with Gasteiger partial charge < -0.3 is 9.47 Å². The van der Waals surface area contributed by atoms with Crippen LogP contribution in [0.3, 0.4) is 0 Å². The van der Waals surface area contributed by atoms with Gasteiger partial charge in [-0.05, 0) is 37.1 Å². The summed E-state index contributed by atoms with van der Waals surface area (Å²) in [5, 5.41) is 0. The first-order valence-corrected chi connectivity index (χ1v) is 7.68. The number of aromatic nitrogens is 2. The Hall–Kier alpha value is -1.81. The maximum atomic E-state index is 4.14. The molecular weight excluding hydrogens is 260 g/mol. The smallest absolute Gasteiger partial charge is 0.0946 e. The molecule has 1 aromatic carbocycles. The van der Waals surface area contributed by atoms with Crippen LogP contribution < -0.4 is 4.90 Å². The van der Waals surface area contributed by atoms with Crippen molar-refractivity contribution in [2.75, 3.05) is 25.5 Å². The fourth-order valence-electron chi connectivity index (χ4n) is 3.08. The lowest BCUT2D eigenvalue weighted by Gasteiger charge is -2.25. The molecule has 4 nitrogen and oxygen atoms in total. The van der Waals surface area contributed by atoms with Crippen LogP contribution in [0.4, 0.5) is 5.69 Å². The van der Waals surface area contributed by atoms with Crippen molar-refractivity contribution < 1.29 is 0 Å². The van der Waals surface area contributed by atoms with Crippen LogP contribution in [-0.2, 0) is 13.1 Å². The number of benzene rings is 1. The Morgan fingerprint density at radius 1 is 1.24 bits per heavy atom. The van der Waals surface area contributed by atoms with Crippen LogP contribution >= 0.6 is 0 Å². The van der Waals surface area contributed by atoms with Crippen molar-refractivity contribution in [3.63, 3.8) is 0 Å². The molecule has 2 heterocycles. The molecule has 0 radical (unpaired) electrons. The third kappa shape index (κ3) is 3.45. The molecule has 0 aliphatic carbocycles. The SMILES string of the molecule is CN(C)c1ccc(CN2CCC[C@H]2Cn2ccnc2)cc1. The number of likely N-dealkylation sites (tertiary alicyclic amines) is 1. The highest BCUT2D eigenvalue weighted by Crippen LogP contribution is 2.22. The van der Waals surface area contributed by atoms with Crippen molar-refractivity contribution in [3.8, 4) is 0 Å². The van der Waals surface area contributed by atoms with Crippen LogP contribution in [0, 0.1) is 0 Å². The molecule has 1 fully saturated rings. The molecule has 0 N–H and O–H groups in total. The lowest BCUT2D eigenvalue weighted by Crippen LogP contribution is -2.32. The molecule has 1 saturated heterocycles. The van der Waals surface area contributed by atoms with E-state index < -0.39 is 0 Å². The molecule has 0 unspecified atom stereocenters. The highest BCUT2D eigenvalue weighted by atomic mass is 15.2. The molecule has 1 atom stereocenters. The van der Waals surface area contributed by atoms with Crippen molar-refractivity contribution >= 4 is 5.69 Å². The van der Waals surface area contributed by atoms with E-state index in [0.717, 1.165) is 13.1 Å². The molecule has 4 heteroatoms. The zero-order chi connectivity index (χ0) is 14.7. The van der Waals surface area contributed by atoms with Crippen LogP contribution in [0.25, 0.3) is 0 Å². The lowest BCUT2D eigenvalue weighted by atomic mass is 10.1. The Morgan fingerprint density at radius 3 is 2.71 bits per heavy atom. The molecule has 1 aromatic heterocycles. The average Bonchev–Trinajstić information content (AvgIpc) is 3.13. The molecule has 0 spiro atoms. The quantitative estimate of drug-likeness (QED) is 0.843. The first-order chi connectivity index (χ1) is 10.2. The van der Waals surface area contributed by atoms with Gasteiger partial charge in [-0.2, -0.15) is 0 Å². The van der Waals surface area contributed by atoms with Crippen LogP contribution in [0.1, 0.15) is 18.4 Å². The van der Waals surface area contributed by atoms with Gasteiger partial charge in [0.2, 0.25) is 0 Å². The standard InChI is InChI=1S/C17H24N4/c1-19(2)16-7-5-15(6-8-16)12-21-10-3-4-17(21)13-20-11-9-18-14-20/h5-9,11,14,17H,3-4,10,12-13H2,1-2H3/t17-/m0/s1. The van der Waals surface area contributed by atoms with Crippen LogP contribution in [0.15, 0.2) is 43.0 Å². The Bertz CT molecular complexity index is 545. The predicted molar refractivity (Wildman–Crippen MR) is 86.4 cm³/mol. The Labute approximate surface area is 127 Å². The fourth-order valence-corrected chi connectivity index (χ4v) is 3.08. The molecule has 1 aliphatic rings. The van der Waals surface area contributed by atoms with Gasteiger partial charge in [0.1, 0.15) is 0 Å². The zero-order valence-electron chi connectivity index (χ0n) is 12.9. The Balaban J connectivity index is 1.63. The summed E-state index contributed by atoms with van der Waals surface area (Å²) in [6, 6.07) is 9.55. The van der Waals surface area contributed by atoms with E-state index in [1.807, 2.05) is 12.5 Å². The monoisotopic (exact) mass is 284 g/mol. The van der Waals surface area contributed by atoms with E-state index in [1.165, 1.54) is 30.6 Å². The molecule has 0 amide bonds. The minimum Gasteiger partial charge on any atom is -0.378 e. The van der Waals surface area contributed by atoms with Gasteiger partial charge in [-0.25, -0.2) is 4.98 Å². The number of nitrogens with zero attached hydrogens (tertiary/aromatic N) is 4. The number of hydrogen-bond donors (Lipinski definition) is 0. The minimum absolute atomic E-state index is 0.632. The van der Waals surface area contributed by atoms with E-state index >= 15 is 0 Å². The summed E-state index contributed by atoms with van der Waals surface area (Å²) < 4.78 is 2.19. The lowest BCUT2D eigenvalue weighted by molar-refractivity contribution is 0.224. The maximum absolute atomic E-state index is 4.14. The highest BCUT2D eigenvalue weighted by Gasteiger charge is 2.24. The molecular formula is C17H24N4. The first-order valence-electron chi connectivity index (χ1n) is 7.68. The summed E-state index contributed by atoms with van der Waals surface area (Å²) >= 11 is 0. The van der Waals surface area contributed by atoms with Gasteiger partial charge in [0.15, 0.2) is 0 Å². The van der Waals surface area contributed by atoms with Gasteiger partial charge in [-0.3, -0.25) is 4.90 Å². The normalized spacial score (nSPS) is 19.0. The summed E-state index contributed by atoms with van der Waals surface area (Å²) in [5.74, 6) is 0. The number of rotatable bonds is 5. The summed E-state index contributed by atoms with van der Waals surface area (Å²) in [6.45, 7) is 3.30. The number of hydrogen-bond acceptors (Lipinski definition) is 3. The number of imidazole rings is 1. The average molecular weight is 284 g/mol. The largest absolute Gasteiger partial charge is 0.378 e. The van der Waals surface area contributed by atoms with Gasteiger partial charge in [0.05, 0.1) is 6.33 Å². The Kier molecular flexibility index (Phi) is 4.25. The number of anilines is 1. The minimum atomic E-state index is 0.632. The second kappa shape index (κ2) is 6.31. The van der Waals surface area contributed by atoms with E-state index in [-0.39, 0.29) is 0 Å². The van der Waals surface area contributed by atoms with Gasteiger partial charge in [0, 0.05) is 51.3 Å². The van der Waals surface area contributed by atoms with Crippen LogP contribution in [0.2, 0.25) is 0 Å². The van der Waals surface area contributed by atoms with Crippen molar-refractivity contribution in [1.82, 2.24) is 14.5 Å². The van der Waals surface area contributed by atoms with E-state index in [1.54, 1.807) is 0 Å². The zero-order valence-corrected chi connectivity index (χ0v) is 12.9. The van der Waals surface area contributed by atoms with Gasteiger partial charge in [-0.15, -0.1) is 0 Å². The second-order valence-electron chi connectivity index (χ2n) is 6.09. The van der Waals surface area contributed by atoms with Gasteiger partial charge in [-0.1, -0.05) is 12.1 Å². The summed E-state index contributed by atoms with van der Waals surface area (Å²) in [7, 11) is 4.16. The van der Waals surface area contributed by atoms with Gasteiger partial charge in [0.25, 0.3) is 0 Å². The molecule has 0 saturated carbocycles. The van der Waals surface area contributed by atoms with Crippen molar-refractivity contribution in [2.45, 2.75) is 32.0 Å². The molecule has 112 valence electrons. The van der Waals surface area contributed by atoms with Gasteiger partial charge >= 0.3 is 0 Å². The van der Waals surface area contributed by atoms with Crippen molar-refractivity contribution in [2.24, 2.45) is 0 Å². The van der Waals surface area contributed by atoms with Crippen molar-refractivity contribution in [1.29, 1.82) is 0 Å². The third-order valence-electron chi connectivity index (χ3n) is 4.32. The highest BCUT2D eigenvalue weighted by molar-refractivity contribution is 5.45. The summed E-state index contributed by atoms with van der Waals surface area (Å²) in [6.07, 6.45) is 8.42. The molecule has 3 rings (SSSR count). The van der Waals surface area contributed by atoms with Crippen LogP contribution in [0.5, 0.6) is 0 Å². The van der Waals surface area contributed by atoms with Crippen molar-refractivity contribution in [3.05, 3.63) is 48.5 Å².